The van der Waals surface area contributed by atoms with Gasteiger partial charge in [0, 0.05) is 4.91 Å². The summed E-state index contributed by atoms with van der Waals surface area (Å²) in [5.41, 5.74) is 7.63. The van der Waals surface area contributed by atoms with Crippen LogP contribution in [0.15, 0.2) is 4.52 Å². The minimum Gasteiger partial charge on any atom is -0.347 e. The van der Waals surface area contributed by atoms with Crippen molar-refractivity contribution in [1.29, 1.82) is 0 Å². The molecule has 0 unspecified atom stereocenters. The average molecular weight is 381 g/mol. The Morgan fingerprint density at radius 2 is 1.72 bits per heavy atom. The topological polar surface area (TPSA) is 138 Å². The van der Waals surface area contributed by atoms with Gasteiger partial charge in [-0.2, -0.15) is 8.42 Å². The number of fused-ring (bicyclic) bond motifs is 3. The van der Waals surface area contributed by atoms with Gasteiger partial charge in [0.2, 0.25) is 0 Å². The van der Waals surface area contributed by atoms with Gasteiger partial charge in [0.15, 0.2) is 17.9 Å². The molecule has 3 heterocycles. The number of rotatable bonds is 3. The Hall–Kier alpha value is -0.980. The molecule has 0 N–H and O–H groups in total. The lowest BCUT2D eigenvalue weighted by Crippen LogP contribution is -2.50. The molecule has 0 amide bonds. The molecule has 0 aromatic carbocycles. The zero-order valence-corrected chi connectivity index (χ0v) is 15.6. The van der Waals surface area contributed by atoms with E-state index in [1.54, 1.807) is 0 Å². The van der Waals surface area contributed by atoms with Crippen LogP contribution in [0.2, 0.25) is 0 Å². The predicted octanol–water partition coefficient (Wildman–Crippen LogP) is 1.59. The summed E-state index contributed by atoms with van der Waals surface area (Å²) in [7, 11) is -3.97. The lowest BCUT2D eigenvalue weighted by Gasteiger charge is -2.30. The third kappa shape index (κ3) is 5.25. The largest absolute Gasteiger partial charge is 0.358 e. The summed E-state index contributed by atoms with van der Waals surface area (Å²) < 4.78 is 55.4. The highest BCUT2D eigenvalue weighted by Gasteiger charge is 2.57. The van der Waals surface area contributed by atoms with E-state index in [9.17, 15) is 8.42 Å². The van der Waals surface area contributed by atoms with E-state index in [4.69, 9.17) is 29.2 Å². The highest BCUT2D eigenvalue weighted by molar-refractivity contribution is 7.85. The second-order valence-corrected chi connectivity index (χ2v) is 7.70. The Morgan fingerprint density at radius 1 is 1.12 bits per heavy atom. The fourth-order valence-electron chi connectivity index (χ4n) is 2.79. The predicted molar refractivity (Wildman–Crippen MR) is 83.3 cm³/mol. The van der Waals surface area contributed by atoms with Gasteiger partial charge >= 0.3 is 10.3 Å². The lowest BCUT2D eigenvalue weighted by molar-refractivity contribution is -0.205. The molecule has 0 radical (unpaired) electrons. The fraction of sp³-hybridized carbons (Fsp3) is 1.00. The van der Waals surface area contributed by atoms with E-state index in [0.717, 1.165) is 0 Å². The summed E-state index contributed by atoms with van der Waals surface area (Å²) in [5, 5.41) is 0. The Kier molecular flexibility index (Phi) is 5.96. The molecule has 12 heteroatoms. The van der Waals surface area contributed by atoms with Gasteiger partial charge in [0.25, 0.3) is 0 Å². The first-order valence-corrected chi connectivity index (χ1v) is 9.14. The molecule has 0 spiro atoms. The van der Waals surface area contributed by atoms with Gasteiger partial charge in [-0.25, -0.2) is 0 Å². The van der Waals surface area contributed by atoms with E-state index in [1.807, 2.05) is 32.6 Å². The third-order valence-electron chi connectivity index (χ3n) is 3.46. The van der Waals surface area contributed by atoms with Crippen LogP contribution >= 0.6 is 0 Å². The molecule has 0 saturated carbocycles. The summed E-state index contributed by atoms with van der Waals surface area (Å²) in [6, 6.07) is 0. The Morgan fingerprint density at radius 3 is 2.32 bits per heavy atom. The first-order valence-electron chi connectivity index (χ1n) is 7.77. The standard InChI is InChI=1S/C11H18O5.C2H5N3O3S/c1-10(2)13-6-5-12-9-8(7(6)14-10)15-11(3,4)16-9;1-2-8-9(6,7)5-4-3/h6-9H,5H2,1-4H3;2H2,1H3/t6-,7-,8+,9+;/m1./s1. The smallest absolute Gasteiger partial charge is 0.347 e. The van der Waals surface area contributed by atoms with Crippen LogP contribution in [-0.4, -0.2) is 57.8 Å². The number of hydrogen-bond acceptors (Lipinski definition) is 8. The molecule has 3 rings (SSSR count). The minimum atomic E-state index is -3.97. The molecule has 144 valence electrons. The number of nitrogens with zero attached hydrogens (tertiary/aromatic N) is 3. The van der Waals surface area contributed by atoms with Crippen LogP contribution in [0.25, 0.3) is 10.4 Å². The van der Waals surface area contributed by atoms with Crippen molar-refractivity contribution in [1.82, 2.24) is 0 Å². The molecule has 3 fully saturated rings. The molecule has 0 aromatic heterocycles. The summed E-state index contributed by atoms with van der Waals surface area (Å²) in [5.74, 6) is -1.18. The van der Waals surface area contributed by atoms with Crippen LogP contribution in [0.1, 0.15) is 34.6 Å². The van der Waals surface area contributed by atoms with Gasteiger partial charge < -0.3 is 23.7 Å². The van der Waals surface area contributed by atoms with Crippen LogP contribution in [0, 0.1) is 0 Å². The molecule has 0 aromatic rings. The molecule has 3 aliphatic rings. The maximum absolute atomic E-state index is 10.2. The molecular weight excluding hydrogens is 358 g/mol. The van der Waals surface area contributed by atoms with E-state index >= 15 is 0 Å². The van der Waals surface area contributed by atoms with Crippen molar-refractivity contribution in [3.63, 3.8) is 0 Å². The Bertz CT molecular complexity index is 601. The van der Waals surface area contributed by atoms with Gasteiger partial charge in [-0.05, 0) is 40.1 Å². The molecule has 3 saturated heterocycles. The monoisotopic (exact) mass is 381 g/mol. The maximum Gasteiger partial charge on any atom is 0.358 e. The first kappa shape index (κ1) is 20.3. The van der Waals surface area contributed by atoms with Crippen molar-refractivity contribution < 1.29 is 36.3 Å². The number of ether oxygens (including phenoxy) is 5. The van der Waals surface area contributed by atoms with E-state index in [1.165, 1.54) is 6.92 Å². The van der Waals surface area contributed by atoms with E-state index in [-0.39, 0.29) is 31.2 Å². The van der Waals surface area contributed by atoms with Gasteiger partial charge in [-0.1, -0.05) is 0 Å². The van der Waals surface area contributed by atoms with Crippen molar-refractivity contribution in [2.24, 2.45) is 4.52 Å². The Balaban J connectivity index is 0.000000217. The number of azide groups is 1. The zero-order chi connectivity index (χ0) is 18.9. The Labute approximate surface area is 146 Å². The summed E-state index contributed by atoms with van der Waals surface area (Å²) in [4.78, 5) is 2.04. The van der Waals surface area contributed by atoms with E-state index < -0.39 is 21.9 Å². The van der Waals surface area contributed by atoms with Crippen molar-refractivity contribution >= 4 is 10.3 Å². The van der Waals surface area contributed by atoms with Crippen molar-refractivity contribution in [2.45, 2.75) is 70.8 Å². The number of hydrogen-bond donors (Lipinski definition) is 0. The molecular formula is C13H23N3O8S. The minimum absolute atomic E-state index is 0.0264. The lowest BCUT2D eigenvalue weighted by atomic mass is 10.1. The van der Waals surface area contributed by atoms with Gasteiger partial charge in [0.1, 0.15) is 18.3 Å². The third-order valence-corrected chi connectivity index (χ3v) is 4.27. The molecule has 0 bridgehead atoms. The summed E-state index contributed by atoms with van der Waals surface area (Å²) >= 11 is 0. The SMILES string of the molecule is CC1(C)O[C@@H]2OC[C@H]3OC(C)(C)O[C@H]3[C@@H]2O1.CCOS(=O)(=O)N=[N+]=[N-]. The highest BCUT2D eigenvalue weighted by atomic mass is 32.2. The van der Waals surface area contributed by atoms with Crippen LogP contribution in [0.5, 0.6) is 0 Å². The maximum atomic E-state index is 10.2. The molecule has 0 aliphatic carbocycles. The molecule has 25 heavy (non-hydrogen) atoms. The van der Waals surface area contributed by atoms with Crippen LogP contribution in [0.4, 0.5) is 0 Å². The van der Waals surface area contributed by atoms with E-state index in [0.29, 0.717) is 6.61 Å². The van der Waals surface area contributed by atoms with Gasteiger partial charge in [0.05, 0.1) is 17.7 Å². The van der Waals surface area contributed by atoms with Gasteiger partial charge in [-0.15, -0.1) is 0 Å². The summed E-state index contributed by atoms with van der Waals surface area (Å²) in [6.45, 7) is 9.51. The quantitative estimate of drug-likeness (QED) is 0.408. The second-order valence-electron chi connectivity index (χ2n) is 6.45. The van der Waals surface area contributed by atoms with Crippen LogP contribution in [-0.2, 0) is 38.2 Å². The normalized spacial score (nSPS) is 34.9. The molecule has 11 nitrogen and oxygen atoms in total. The summed E-state index contributed by atoms with van der Waals surface area (Å²) in [6.07, 6.45) is -0.700. The zero-order valence-electron chi connectivity index (χ0n) is 14.7. The molecule has 4 atom stereocenters. The van der Waals surface area contributed by atoms with Gasteiger partial charge in [-0.3, -0.25) is 4.18 Å². The van der Waals surface area contributed by atoms with Crippen molar-refractivity contribution in [3.05, 3.63) is 10.4 Å². The van der Waals surface area contributed by atoms with Crippen LogP contribution in [0.3, 0.4) is 0 Å². The van der Waals surface area contributed by atoms with Crippen molar-refractivity contribution in [2.75, 3.05) is 13.2 Å². The van der Waals surface area contributed by atoms with Crippen LogP contribution < -0.4 is 0 Å². The average Bonchev–Trinajstić information content (AvgIpc) is 2.93. The first-order chi connectivity index (χ1) is 11.5. The molecule has 3 aliphatic heterocycles. The van der Waals surface area contributed by atoms with Crippen molar-refractivity contribution in [3.8, 4) is 0 Å². The van der Waals surface area contributed by atoms with E-state index in [2.05, 4.69) is 8.70 Å². The second kappa shape index (κ2) is 7.33. The fourth-order valence-corrected chi connectivity index (χ4v) is 3.22. The highest BCUT2D eigenvalue weighted by Crippen LogP contribution is 2.41.